The SMILES string of the molecule is CC(C)(C)OC(=O)N[C@@H](Cc1cc(C#N)ccc1OC(C)(C)C)C(=O)Nc1ccc(-c2ccccc2S(N)(=O)=O)cc1. The molecular formula is C31H36N4O6S. The predicted molar refractivity (Wildman–Crippen MR) is 160 cm³/mol. The highest BCUT2D eigenvalue weighted by molar-refractivity contribution is 7.89. The zero-order valence-corrected chi connectivity index (χ0v) is 25.3. The maximum Gasteiger partial charge on any atom is 0.408 e. The van der Waals surface area contributed by atoms with Crippen molar-refractivity contribution < 1.29 is 27.5 Å². The smallest absolute Gasteiger partial charge is 0.408 e. The molecule has 10 nitrogen and oxygen atoms in total. The van der Waals surface area contributed by atoms with Crippen molar-refractivity contribution in [2.45, 2.75) is 70.1 Å². The van der Waals surface area contributed by atoms with Crippen molar-refractivity contribution in [1.29, 1.82) is 5.26 Å². The van der Waals surface area contributed by atoms with Gasteiger partial charge in [-0.25, -0.2) is 18.4 Å². The summed E-state index contributed by atoms with van der Waals surface area (Å²) in [6.45, 7) is 10.8. The number of carbonyl (C=O) groups is 2. The van der Waals surface area contributed by atoms with E-state index in [1.54, 1.807) is 81.4 Å². The van der Waals surface area contributed by atoms with Crippen LogP contribution in [0.15, 0.2) is 71.6 Å². The van der Waals surface area contributed by atoms with Crippen LogP contribution in [0.3, 0.4) is 0 Å². The third-order valence-electron chi connectivity index (χ3n) is 5.69. The van der Waals surface area contributed by atoms with E-state index in [1.807, 2.05) is 20.8 Å². The van der Waals surface area contributed by atoms with E-state index in [0.29, 0.717) is 33.7 Å². The average molecular weight is 593 g/mol. The van der Waals surface area contributed by atoms with E-state index < -0.39 is 39.3 Å². The Morgan fingerprint density at radius 2 is 1.60 bits per heavy atom. The predicted octanol–water partition coefficient (Wildman–Crippen LogP) is 5.12. The van der Waals surface area contributed by atoms with Crippen LogP contribution in [0.5, 0.6) is 5.75 Å². The Hall–Kier alpha value is -4.40. The van der Waals surface area contributed by atoms with Gasteiger partial charge < -0.3 is 20.1 Å². The largest absolute Gasteiger partial charge is 0.488 e. The fraction of sp³-hybridized carbons (Fsp3) is 0.323. The second-order valence-electron chi connectivity index (χ2n) is 11.7. The topological polar surface area (TPSA) is 161 Å². The number of hydrogen-bond donors (Lipinski definition) is 3. The molecule has 11 heteroatoms. The first-order valence-electron chi connectivity index (χ1n) is 13.2. The average Bonchev–Trinajstić information content (AvgIpc) is 2.87. The minimum Gasteiger partial charge on any atom is -0.488 e. The van der Waals surface area contributed by atoms with Crippen LogP contribution in [-0.2, 0) is 26.0 Å². The summed E-state index contributed by atoms with van der Waals surface area (Å²) in [6, 6.07) is 18.8. The van der Waals surface area contributed by atoms with Gasteiger partial charge in [-0.15, -0.1) is 0 Å². The number of hydrogen-bond acceptors (Lipinski definition) is 7. The molecule has 0 aliphatic rings. The summed E-state index contributed by atoms with van der Waals surface area (Å²) in [4.78, 5) is 26.2. The molecule has 0 aliphatic heterocycles. The van der Waals surface area contributed by atoms with Crippen LogP contribution in [0.25, 0.3) is 11.1 Å². The van der Waals surface area contributed by atoms with Crippen molar-refractivity contribution in [3.63, 3.8) is 0 Å². The highest BCUT2D eigenvalue weighted by Crippen LogP contribution is 2.29. The Labute approximate surface area is 246 Å². The molecule has 3 rings (SSSR count). The lowest BCUT2D eigenvalue weighted by atomic mass is 10.0. The number of primary sulfonamides is 1. The number of alkyl carbamates (subject to hydrolysis) is 1. The standard InChI is InChI=1S/C31H36N4O6S/c1-30(2,3)40-26-16-11-20(19-32)17-22(26)18-25(35-29(37)41-31(4,5)6)28(36)34-23-14-12-21(13-15-23)24-9-7-8-10-27(24)42(33,38)39/h7-17,25H,18H2,1-6H3,(H,34,36)(H,35,37)(H2,33,38,39)/t25-/m0/s1. The van der Waals surface area contributed by atoms with E-state index in [4.69, 9.17) is 14.6 Å². The maximum absolute atomic E-state index is 13.5. The molecule has 0 bridgehead atoms. The Morgan fingerprint density at radius 1 is 0.952 bits per heavy atom. The Bertz CT molecular complexity index is 1600. The lowest BCUT2D eigenvalue weighted by Crippen LogP contribution is -2.47. The van der Waals surface area contributed by atoms with Crippen molar-refractivity contribution in [2.75, 3.05) is 5.32 Å². The zero-order chi connectivity index (χ0) is 31.3. The van der Waals surface area contributed by atoms with Gasteiger partial charge in [-0.05, 0) is 89.1 Å². The fourth-order valence-corrected chi connectivity index (χ4v) is 4.79. The number of ether oxygens (including phenoxy) is 2. The van der Waals surface area contributed by atoms with Crippen LogP contribution in [0, 0.1) is 11.3 Å². The van der Waals surface area contributed by atoms with Gasteiger partial charge in [0.15, 0.2) is 0 Å². The van der Waals surface area contributed by atoms with Crippen LogP contribution >= 0.6 is 0 Å². The maximum atomic E-state index is 13.5. The third-order valence-corrected chi connectivity index (χ3v) is 6.66. The molecule has 4 N–H and O–H groups in total. The monoisotopic (exact) mass is 592 g/mol. The summed E-state index contributed by atoms with van der Waals surface area (Å²) in [5.74, 6) is -0.0641. The first kappa shape index (κ1) is 32.1. The van der Waals surface area contributed by atoms with E-state index in [1.165, 1.54) is 6.07 Å². The Balaban J connectivity index is 1.91. The van der Waals surface area contributed by atoms with Crippen molar-refractivity contribution in [1.82, 2.24) is 5.32 Å². The second kappa shape index (κ2) is 12.6. The molecule has 0 unspecified atom stereocenters. The molecule has 0 aliphatic carbocycles. The van der Waals surface area contributed by atoms with Gasteiger partial charge in [-0.2, -0.15) is 5.26 Å². The lowest BCUT2D eigenvalue weighted by Gasteiger charge is -2.26. The molecule has 0 radical (unpaired) electrons. The summed E-state index contributed by atoms with van der Waals surface area (Å²) in [5.41, 5.74) is 0.987. The number of sulfonamides is 1. The van der Waals surface area contributed by atoms with E-state index in [9.17, 15) is 23.3 Å². The first-order chi connectivity index (χ1) is 19.4. The van der Waals surface area contributed by atoms with E-state index in [-0.39, 0.29) is 11.3 Å². The summed E-state index contributed by atoms with van der Waals surface area (Å²) in [6.07, 6.45) is -0.779. The minimum absolute atomic E-state index is 0.00578. The summed E-state index contributed by atoms with van der Waals surface area (Å²) in [7, 11) is -3.95. The van der Waals surface area contributed by atoms with Gasteiger partial charge in [0.1, 0.15) is 23.0 Å². The highest BCUT2D eigenvalue weighted by atomic mass is 32.2. The summed E-state index contributed by atoms with van der Waals surface area (Å²) >= 11 is 0. The summed E-state index contributed by atoms with van der Waals surface area (Å²) < 4.78 is 35.5. The number of nitriles is 1. The normalized spacial score (nSPS) is 12.5. The first-order valence-corrected chi connectivity index (χ1v) is 14.7. The molecule has 0 aromatic heterocycles. The minimum atomic E-state index is -3.95. The molecule has 0 fully saturated rings. The van der Waals surface area contributed by atoms with Gasteiger partial charge in [0.05, 0.1) is 16.5 Å². The zero-order valence-electron chi connectivity index (χ0n) is 24.5. The van der Waals surface area contributed by atoms with Crippen molar-refractivity contribution in [3.05, 3.63) is 77.9 Å². The van der Waals surface area contributed by atoms with Gasteiger partial charge in [-0.1, -0.05) is 30.3 Å². The molecule has 0 saturated carbocycles. The van der Waals surface area contributed by atoms with E-state index in [0.717, 1.165) is 0 Å². The second-order valence-corrected chi connectivity index (χ2v) is 13.2. The quantitative estimate of drug-likeness (QED) is 0.327. The van der Waals surface area contributed by atoms with Crippen LogP contribution < -0.4 is 20.5 Å². The van der Waals surface area contributed by atoms with Gasteiger partial charge >= 0.3 is 6.09 Å². The van der Waals surface area contributed by atoms with E-state index >= 15 is 0 Å². The molecule has 0 saturated heterocycles. The Morgan fingerprint density at radius 3 is 2.17 bits per heavy atom. The summed E-state index contributed by atoms with van der Waals surface area (Å²) in [5, 5.41) is 20.3. The molecule has 42 heavy (non-hydrogen) atoms. The lowest BCUT2D eigenvalue weighted by molar-refractivity contribution is -0.118. The van der Waals surface area contributed by atoms with Crippen LogP contribution in [0.4, 0.5) is 10.5 Å². The number of nitrogens with two attached hydrogens (primary N) is 1. The van der Waals surface area contributed by atoms with Crippen LogP contribution in [-0.4, -0.2) is 37.7 Å². The van der Waals surface area contributed by atoms with E-state index in [2.05, 4.69) is 16.7 Å². The molecule has 0 spiro atoms. The van der Waals surface area contributed by atoms with Gasteiger partial charge in [0.2, 0.25) is 15.9 Å². The number of rotatable bonds is 8. The molecule has 0 heterocycles. The number of carbonyl (C=O) groups excluding carboxylic acids is 2. The fourth-order valence-electron chi connectivity index (χ4n) is 4.03. The van der Waals surface area contributed by atoms with Gasteiger partial charge in [0, 0.05) is 17.7 Å². The molecule has 3 aromatic carbocycles. The van der Waals surface area contributed by atoms with Crippen LogP contribution in [0.1, 0.15) is 52.7 Å². The molecular weight excluding hydrogens is 556 g/mol. The third kappa shape index (κ3) is 9.33. The Kier molecular flexibility index (Phi) is 9.66. The van der Waals surface area contributed by atoms with Crippen molar-refractivity contribution in [3.8, 4) is 22.9 Å². The molecule has 222 valence electrons. The number of amides is 2. The number of benzene rings is 3. The van der Waals surface area contributed by atoms with Gasteiger partial charge in [-0.3, -0.25) is 4.79 Å². The number of nitrogens with one attached hydrogen (secondary N) is 2. The molecule has 3 aromatic rings. The molecule has 2 amide bonds. The van der Waals surface area contributed by atoms with Crippen molar-refractivity contribution in [2.24, 2.45) is 5.14 Å². The van der Waals surface area contributed by atoms with Crippen LogP contribution in [0.2, 0.25) is 0 Å². The number of anilines is 1. The van der Waals surface area contributed by atoms with Crippen molar-refractivity contribution >= 4 is 27.7 Å². The van der Waals surface area contributed by atoms with Gasteiger partial charge in [0.25, 0.3) is 0 Å². The molecule has 1 atom stereocenters. The number of nitrogens with zero attached hydrogens (tertiary/aromatic N) is 1. The highest BCUT2D eigenvalue weighted by Gasteiger charge is 2.27.